The Hall–Kier alpha value is 0.0649. The van der Waals surface area contributed by atoms with E-state index in [4.69, 9.17) is 0 Å². The summed E-state index contributed by atoms with van der Waals surface area (Å²) in [5, 5.41) is 0. The van der Waals surface area contributed by atoms with Crippen LogP contribution < -0.4 is 0 Å². The van der Waals surface area contributed by atoms with Crippen LogP contribution in [0, 0.1) is 17.3 Å². The Labute approximate surface area is 96.3 Å². The Morgan fingerprint density at radius 3 is 2.20 bits per heavy atom. The molecule has 0 aliphatic heterocycles. The fourth-order valence-electron chi connectivity index (χ4n) is 3.05. The second-order valence-corrected chi connectivity index (χ2v) is 7.13. The lowest BCUT2D eigenvalue weighted by molar-refractivity contribution is 0.352. The van der Waals surface area contributed by atoms with Crippen molar-refractivity contribution in [2.75, 3.05) is 0 Å². The lowest BCUT2D eigenvalue weighted by Gasteiger charge is -2.27. The van der Waals surface area contributed by atoms with Gasteiger partial charge in [0, 0.05) is 0 Å². The smallest absolute Gasteiger partial charge is 0.0861 e. The third-order valence-corrected chi connectivity index (χ3v) is 4.26. The normalized spacial score (nSPS) is 21.8. The highest BCUT2D eigenvalue weighted by Crippen LogP contribution is 2.41. The second kappa shape index (κ2) is 4.51. The molecule has 0 unspecified atom stereocenters. The van der Waals surface area contributed by atoms with Crippen LogP contribution in [0.5, 0.6) is 0 Å². The van der Waals surface area contributed by atoms with Crippen molar-refractivity contribution in [3.8, 4) is 0 Å². The van der Waals surface area contributed by atoms with Gasteiger partial charge in [0.1, 0.15) is 6.71 Å². The van der Waals surface area contributed by atoms with Gasteiger partial charge >= 0.3 is 0 Å². The molecule has 0 spiro atoms. The first-order valence-corrected chi connectivity index (χ1v) is 7.05. The van der Waals surface area contributed by atoms with E-state index in [2.05, 4.69) is 20.7 Å². The lowest BCUT2D eigenvalue weighted by atomic mass is 9.42. The molecule has 0 amide bonds. The molecule has 2 fully saturated rings. The minimum atomic E-state index is 0.608. The van der Waals surface area contributed by atoms with Gasteiger partial charge in [-0.2, -0.15) is 0 Å². The molecule has 0 aromatic carbocycles. The Morgan fingerprint density at radius 2 is 1.67 bits per heavy atom. The second-order valence-electron chi connectivity index (χ2n) is 7.13. The minimum Gasteiger partial charge on any atom is -0.0861 e. The summed E-state index contributed by atoms with van der Waals surface area (Å²) in [5.41, 5.74) is 0.608. The number of hydrogen-bond acceptors (Lipinski definition) is 0. The van der Waals surface area contributed by atoms with Gasteiger partial charge in [-0.05, 0) is 30.1 Å². The van der Waals surface area contributed by atoms with Crippen LogP contribution in [0.3, 0.4) is 0 Å². The fourth-order valence-corrected chi connectivity index (χ4v) is 3.05. The monoisotopic (exact) mass is 206 g/mol. The predicted octanol–water partition coefficient (Wildman–Crippen LogP) is 4.74. The number of rotatable bonds is 7. The molecule has 1 heteroatoms. The maximum absolute atomic E-state index is 2.48. The molecule has 2 rings (SSSR count). The van der Waals surface area contributed by atoms with Crippen molar-refractivity contribution in [2.45, 2.75) is 71.8 Å². The van der Waals surface area contributed by atoms with Gasteiger partial charge < -0.3 is 0 Å². The van der Waals surface area contributed by atoms with Crippen LogP contribution in [-0.2, 0) is 0 Å². The molecule has 2 saturated carbocycles. The standard InChI is InChI=1S/C14H27B/c1-14(2,9-8-12-4-5-12)11-15(3)10-13-6-7-13/h12-13H,4-11H2,1-3H3. The van der Waals surface area contributed by atoms with Gasteiger partial charge in [0.2, 0.25) is 0 Å². The molecule has 0 aromatic heterocycles. The fraction of sp³-hybridized carbons (Fsp3) is 1.00. The molecule has 86 valence electrons. The van der Waals surface area contributed by atoms with E-state index in [1.54, 1.807) is 0 Å². The average Bonchev–Trinajstić information content (AvgIpc) is 2.95. The molecule has 0 aromatic rings. The zero-order valence-corrected chi connectivity index (χ0v) is 10.9. The molecule has 0 bridgehead atoms. The predicted molar refractivity (Wildman–Crippen MR) is 69.7 cm³/mol. The summed E-state index contributed by atoms with van der Waals surface area (Å²) in [5.74, 6) is 2.22. The van der Waals surface area contributed by atoms with Gasteiger partial charge in [-0.1, -0.05) is 59.0 Å². The summed E-state index contributed by atoms with van der Waals surface area (Å²) in [4.78, 5) is 0. The topological polar surface area (TPSA) is 0 Å². The summed E-state index contributed by atoms with van der Waals surface area (Å²) in [7, 11) is 0. The zero-order chi connectivity index (χ0) is 10.9. The van der Waals surface area contributed by atoms with Crippen molar-refractivity contribution in [2.24, 2.45) is 17.3 Å². The molecule has 0 atom stereocenters. The van der Waals surface area contributed by atoms with Crippen LogP contribution in [0.25, 0.3) is 0 Å². The lowest BCUT2D eigenvalue weighted by Crippen LogP contribution is -2.21. The van der Waals surface area contributed by atoms with Crippen molar-refractivity contribution < 1.29 is 0 Å². The SMILES string of the molecule is CB(CC1CC1)CC(C)(C)CCC1CC1. The van der Waals surface area contributed by atoms with E-state index >= 15 is 0 Å². The van der Waals surface area contributed by atoms with Crippen LogP contribution in [0.2, 0.25) is 19.5 Å². The average molecular weight is 206 g/mol. The quantitative estimate of drug-likeness (QED) is 0.528. The summed E-state index contributed by atoms with van der Waals surface area (Å²) in [6.45, 7) is 8.40. The van der Waals surface area contributed by atoms with Crippen molar-refractivity contribution in [3.63, 3.8) is 0 Å². The third-order valence-electron chi connectivity index (χ3n) is 4.26. The maximum Gasteiger partial charge on any atom is 0.137 e. The van der Waals surface area contributed by atoms with Crippen molar-refractivity contribution in [3.05, 3.63) is 0 Å². The van der Waals surface area contributed by atoms with Crippen LogP contribution in [0.1, 0.15) is 52.4 Å². The minimum absolute atomic E-state index is 0.608. The summed E-state index contributed by atoms with van der Waals surface area (Å²) in [6.07, 6.45) is 12.0. The molecular formula is C14H27B. The molecule has 0 heterocycles. The molecule has 0 saturated heterocycles. The molecule has 2 aliphatic carbocycles. The van der Waals surface area contributed by atoms with Crippen molar-refractivity contribution in [1.82, 2.24) is 0 Å². The van der Waals surface area contributed by atoms with Crippen molar-refractivity contribution >= 4 is 6.71 Å². The highest BCUT2D eigenvalue weighted by Gasteiger charge is 2.30. The van der Waals surface area contributed by atoms with Crippen LogP contribution in [0.15, 0.2) is 0 Å². The summed E-state index contributed by atoms with van der Waals surface area (Å²) >= 11 is 0. The Morgan fingerprint density at radius 1 is 1.07 bits per heavy atom. The molecule has 0 N–H and O–H groups in total. The van der Waals surface area contributed by atoms with Crippen LogP contribution >= 0.6 is 0 Å². The third kappa shape index (κ3) is 4.61. The molecular weight excluding hydrogens is 179 g/mol. The highest BCUT2D eigenvalue weighted by atomic mass is 14.3. The Kier molecular flexibility index (Phi) is 3.47. The first-order valence-electron chi connectivity index (χ1n) is 7.05. The molecule has 0 radical (unpaired) electrons. The van der Waals surface area contributed by atoms with E-state index in [0.29, 0.717) is 5.41 Å². The summed E-state index contributed by atoms with van der Waals surface area (Å²) < 4.78 is 0. The van der Waals surface area contributed by atoms with E-state index in [1.807, 2.05) is 0 Å². The highest BCUT2D eigenvalue weighted by molar-refractivity contribution is 6.57. The summed E-state index contributed by atoms with van der Waals surface area (Å²) in [6, 6.07) is 0. The van der Waals surface area contributed by atoms with Crippen molar-refractivity contribution in [1.29, 1.82) is 0 Å². The maximum atomic E-state index is 2.48. The van der Waals surface area contributed by atoms with Crippen LogP contribution in [-0.4, -0.2) is 6.71 Å². The van der Waals surface area contributed by atoms with Gasteiger partial charge in [0.15, 0.2) is 0 Å². The first-order chi connectivity index (χ1) is 7.05. The molecule has 0 nitrogen and oxygen atoms in total. The Bertz CT molecular complexity index is 201. The van der Waals surface area contributed by atoms with Crippen LogP contribution in [0.4, 0.5) is 0 Å². The van der Waals surface area contributed by atoms with E-state index < -0.39 is 0 Å². The van der Waals surface area contributed by atoms with E-state index in [1.165, 1.54) is 51.2 Å². The van der Waals surface area contributed by atoms with Gasteiger partial charge in [-0.3, -0.25) is 0 Å². The van der Waals surface area contributed by atoms with E-state index in [-0.39, 0.29) is 0 Å². The molecule has 15 heavy (non-hydrogen) atoms. The van der Waals surface area contributed by atoms with Gasteiger partial charge in [0.25, 0.3) is 0 Å². The molecule has 2 aliphatic rings. The van der Waals surface area contributed by atoms with E-state index in [9.17, 15) is 0 Å². The van der Waals surface area contributed by atoms with Gasteiger partial charge in [-0.25, -0.2) is 0 Å². The van der Waals surface area contributed by atoms with Gasteiger partial charge in [-0.15, -0.1) is 0 Å². The Balaban J connectivity index is 1.64. The number of hydrogen-bond donors (Lipinski definition) is 0. The largest absolute Gasteiger partial charge is 0.137 e. The first kappa shape index (κ1) is 11.5. The van der Waals surface area contributed by atoms with E-state index in [0.717, 1.165) is 18.5 Å². The van der Waals surface area contributed by atoms with Gasteiger partial charge in [0.05, 0.1) is 0 Å². The zero-order valence-electron chi connectivity index (χ0n) is 10.9.